The fraction of sp³-hybridized carbons (Fsp3) is 0.348. The molecule has 3 heterocycles. The lowest BCUT2D eigenvalue weighted by Gasteiger charge is -2.35. The highest BCUT2D eigenvalue weighted by Gasteiger charge is 2.25. The Balaban J connectivity index is 1.46. The molecule has 4 rings (SSSR count). The van der Waals surface area contributed by atoms with Crippen LogP contribution in [0.5, 0.6) is 0 Å². The smallest absolute Gasteiger partial charge is 0.274 e. The number of carbonyl (C=O) groups excluding carboxylic acids is 1. The van der Waals surface area contributed by atoms with Gasteiger partial charge in [0.25, 0.3) is 5.91 Å². The number of pyridine rings is 1. The molecule has 1 fully saturated rings. The number of hydrogen-bond donors (Lipinski definition) is 0. The lowest BCUT2D eigenvalue weighted by molar-refractivity contribution is 0.0622. The van der Waals surface area contributed by atoms with Crippen LogP contribution in [0.1, 0.15) is 33.0 Å². The molecule has 156 valence electrons. The van der Waals surface area contributed by atoms with Gasteiger partial charge in [0.05, 0.1) is 10.7 Å². The van der Waals surface area contributed by atoms with Crippen molar-refractivity contribution in [2.24, 2.45) is 0 Å². The van der Waals surface area contributed by atoms with Crippen molar-refractivity contribution in [3.8, 4) is 5.82 Å². The van der Waals surface area contributed by atoms with Crippen LogP contribution in [0.25, 0.3) is 5.82 Å². The molecule has 30 heavy (non-hydrogen) atoms. The van der Waals surface area contributed by atoms with E-state index in [-0.39, 0.29) is 11.6 Å². The highest BCUT2D eigenvalue weighted by atomic mass is 35.5. The molecule has 0 spiro atoms. The average Bonchev–Trinajstić information content (AvgIpc) is 3.08. The Hall–Kier alpha value is -2.70. The second kappa shape index (κ2) is 8.58. The molecule has 1 saturated heterocycles. The maximum Gasteiger partial charge on any atom is 0.274 e. The van der Waals surface area contributed by atoms with Crippen molar-refractivity contribution in [3.63, 3.8) is 0 Å². The second-order valence-corrected chi connectivity index (χ2v) is 8.24. The molecule has 6 nitrogen and oxygen atoms in total. The molecule has 0 aliphatic carbocycles. The summed E-state index contributed by atoms with van der Waals surface area (Å²) in [6, 6.07) is 13.9. The first-order chi connectivity index (χ1) is 14.4. The zero-order valence-electron chi connectivity index (χ0n) is 17.6. The van der Waals surface area contributed by atoms with Gasteiger partial charge in [0, 0.05) is 38.4 Å². The molecule has 0 saturated carbocycles. The second-order valence-electron chi connectivity index (χ2n) is 7.83. The van der Waals surface area contributed by atoms with E-state index in [1.807, 2.05) is 24.8 Å². The fourth-order valence-corrected chi connectivity index (χ4v) is 4.03. The molecule has 7 heteroatoms. The quantitative estimate of drug-likeness (QED) is 0.640. The first-order valence-corrected chi connectivity index (χ1v) is 10.6. The van der Waals surface area contributed by atoms with Crippen LogP contribution in [0.3, 0.4) is 0 Å². The van der Waals surface area contributed by atoms with E-state index in [1.165, 1.54) is 11.1 Å². The van der Waals surface area contributed by atoms with Crippen molar-refractivity contribution in [2.75, 3.05) is 26.2 Å². The summed E-state index contributed by atoms with van der Waals surface area (Å²) < 4.78 is 1.74. The first kappa shape index (κ1) is 20.6. The van der Waals surface area contributed by atoms with Crippen LogP contribution in [0, 0.1) is 20.8 Å². The summed E-state index contributed by atoms with van der Waals surface area (Å²) in [4.78, 5) is 21.9. The fourth-order valence-electron chi connectivity index (χ4n) is 3.85. The van der Waals surface area contributed by atoms with E-state index in [9.17, 15) is 4.79 Å². The van der Waals surface area contributed by atoms with E-state index in [0.717, 1.165) is 31.0 Å². The lowest BCUT2D eigenvalue weighted by atomic mass is 10.1. The van der Waals surface area contributed by atoms with Crippen LogP contribution in [0.2, 0.25) is 5.02 Å². The Kier molecular flexibility index (Phi) is 5.88. The number of nitrogens with zero attached hydrogens (tertiary/aromatic N) is 5. The minimum Gasteiger partial charge on any atom is -0.335 e. The number of hydrogen-bond acceptors (Lipinski definition) is 4. The molecule has 1 aliphatic rings. The van der Waals surface area contributed by atoms with Gasteiger partial charge in [0.15, 0.2) is 5.82 Å². The largest absolute Gasteiger partial charge is 0.335 e. The summed E-state index contributed by atoms with van der Waals surface area (Å²) in [5, 5.41) is 4.83. The van der Waals surface area contributed by atoms with Crippen LogP contribution in [0.15, 0.2) is 42.5 Å². The zero-order chi connectivity index (χ0) is 21.3. The van der Waals surface area contributed by atoms with Gasteiger partial charge in [-0.1, -0.05) is 35.9 Å². The molecule has 3 aromatic rings. The summed E-state index contributed by atoms with van der Waals surface area (Å²) in [6.07, 6.45) is 0. The summed E-state index contributed by atoms with van der Waals surface area (Å²) >= 11 is 6.35. The van der Waals surface area contributed by atoms with Crippen LogP contribution in [-0.2, 0) is 6.54 Å². The third kappa shape index (κ3) is 4.25. The molecule has 0 N–H and O–H groups in total. The van der Waals surface area contributed by atoms with Crippen molar-refractivity contribution in [3.05, 3.63) is 75.7 Å². The van der Waals surface area contributed by atoms with Crippen molar-refractivity contribution in [1.29, 1.82) is 0 Å². The summed E-state index contributed by atoms with van der Waals surface area (Å²) in [5.74, 6) is 0.477. The number of halogens is 1. The number of aryl methyl sites for hydroxylation is 3. The van der Waals surface area contributed by atoms with Gasteiger partial charge < -0.3 is 4.90 Å². The third-order valence-corrected chi connectivity index (χ3v) is 5.88. The minimum atomic E-state index is -0.126. The zero-order valence-corrected chi connectivity index (χ0v) is 18.4. The number of piperazine rings is 1. The van der Waals surface area contributed by atoms with Crippen molar-refractivity contribution >= 4 is 17.5 Å². The van der Waals surface area contributed by atoms with E-state index in [2.05, 4.69) is 46.2 Å². The normalized spacial score (nSPS) is 14.9. The first-order valence-electron chi connectivity index (χ1n) is 10.2. The SMILES string of the molecule is Cc1cc(C)n(-c2ccc(Cl)c(C(=O)N3CCN(Cc4ccccc4C)CC3)n2)n1. The Morgan fingerprint density at radius 1 is 1.03 bits per heavy atom. The predicted molar refractivity (Wildman–Crippen MR) is 118 cm³/mol. The van der Waals surface area contributed by atoms with Gasteiger partial charge in [-0.05, 0) is 50.1 Å². The molecule has 1 aromatic carbocycles. The summed E-state index contributed by atoms with van der Waals surface area (Å²) in [7, 11) is 0. The van der Waals surface area contributed by atoms with Gasteiger partial charge in [-0.15, -0.1) is 0 Å². The topological polar surface area (TPSA) is 54.3 Å². The predicted octanol–water partition coefficient (Wildman–Crippen LogP) is 3.80. The molecule has 1 amide bonds. The van der Waals surface area contributed by atoms with Crippen molar-refractivity contribution < 1.29 is 4.79 Å². The van der Waals surface area contributed by atoms with E-state index in [1.54, 1.807) is 16.8 Å². The van der Waals surface area contributed by atoms with Gasteiger partial charge in [-0.2, -0.15) is 5.10 Å². The number of rotatable bonds is 4. The number of aromatic nitrogens is 3. The van der Waals surface area contributed by atoms with E-state index < -0.39 is 0 Å². The van der Waals surface area contributed by atoms with Gasteiger partial charge in [0.1, 0.15) is 5.69 Å². The van der Waals surface area contributed by atoms with Crippen LogP contribution >= 0.6 is 11.6 Å². The van der Waals surface area contributed by atoms with E-state index in [0.29, 0.717) is 23.9 Å². The molecular weight excluding hydrogens is 398 g/mol. The van der Waals surface area contributed by atoms with Crippen LogP contribution < -0.4 is 0 Å². The van der Waals surface area contributed by atoms with Gasteiger partial charge in [-0.25, -0.2) is 9.67 Å². The van der Waals surface area contributed by atoms with Crippen LogP contribution in [-0.4, -0.2) is 56.7 Å². The molecule has 0 atom stereocenters. The molecule has 2 aromatic heterocycles. The monoisotopic (exact) mass is 423 g/mol. The van der Waals surface area contributed by atoms with E-state index in [4.69, 9.17) is 11.6 Å². The molecule has 0 unspecified atom stereocenters. The lowest BCUT2D eigenvalue weighted by Crippen LogP contribution is -2.48. The van der Waals surface area contributed by atoms with E-state index >= 15 is 0 Å². The number of amides is 1. The van der Waals surface area contributed by atoms with Crippen molar-refractivity contribution in [1.82, 2.24) is 24.6 Å². The maximum absolute atomic E-state index is 13.1. The maximum atomic E-state index is 13.1. The summed E-state index contributed by atoms with van der Waals surface area (Å²) in [5.41, 5.74) is 4.79. The Morgan fingerprint density at radius 3 is 2.43 bits per heavy atom. The highest BCUT2D eigenvalue weighted by molar-refractivity contribution is 6.33. The van der Waals surface area contributed by atoms with Gasteiger partial charge in [0.2, 0.25) is 0 Å². The molecule has 0 radical (unpaired) electrons. The van der Waals surface area contributed by atoms with Crippen molar-refractivity contribution in [2.45, 2.75) is 27.3 Å². The highest BCUT2D eigenvalue weighted by Crippen LogP contribution is 2.20. The van der Waals surface area contributed by atoms with Gasteiger partial charge in [-0.3, -0.25) is 9.69 Å². The molecule has 1 aliphatic heterocycles. The standard InChI is InChI=1S/C23H26ClN5O/c1-16-6-4-5-7-19(16)15-27-10-12-28(13-11-27)23(30)22-20(24)8-9-21(25-22)29-18(3)14-17(2)26-29/h4-9,14H,10-13,15H2,1-3H3. The van der Waals surface area contributed by atoms with Gasteiger partial charge >= 0.3 is 0 Å². The summed E-state index contributed by atoms with van der Waals surface area (Å²) in [6.45, 7) is 9.91. The molecular formula is C23H26ClN5O. The number of benzene rings is 1. The third-order valence-electron chi connectivity index (χ3n) is 5.58. The Labute approximate surface area is 182 Å². The van der Waals surface area contributed by atoms with Crippen LogP contribution in [0.4, 0.5) is 0 Å². The average molecular weight is 424 g/mol. The Bertz CT molecular complexity index is 1070. The minimum absolute atomic E-state index is 0.126. The Morgan fingerprint density at radius 2 is 1.77 bits per heavy atom. The number of carbonyl (C=O) groups is 1. The molecule has 0 bridgehead atoms.